The standard InChI is InChI=1S/C31H46N4O9/c1-8-34-25-20-12-16(2)13-24(42-7)28(44-31(33)40)19(5)14-18(4)27(43-30(32)39)23(41-6)11-9-10-17(3)29(38)35-21(26(20)37)15-22(25)36/h10,14-16,19,23-24,27-28,34H,8-9,11-13H2,1-7H3,(H2,32,39)(H2,33,40)(H,35,38)/b17-10-,18-14-. The fourth-order valence-corrected chi connectivity index (χ4v) is 5.56. The molecule has 1 aliphatic carbocycles. The number of fused-ring (bicyclic) bond motifs is 2. The van der Waals surface area contributed by atoms with Crippen LogP contribution >= 0.6 is 0 Å². The van der Waals surface area contributed by atoms with Crippen LogP contribution in [-0.4, -0.2) is 74.8 Å². The van der Waals surface area contributed by atoms with Crippen LogP contribution in [0.4, 0.5) is 9.59 Å². The van der Waals surface area contributed by atoms with Gasteiger partial charge in [0.15, 0.2) is 6.10 Å². The number of carbonyl (C=O) groups excluding carboxylic acids is 5. The van der Waals surface area contributed by atoms with E-state index in [1.807, 2.05) is 13.8 Å². The highest BCUT2D eigenvalue weighted by molar-refractivity contribution is 6.23. The maximum atomic E-state index is 13.6. The number of methoxy groups -OCH3 is 2. The van der Waals surface area contributed by atoms with Gasteiger partial charge >= 0.3 is 12.2 Å². The molecule has 44 heavy (non-hydrogen) atoms. The number of rotatable bonds is 6. The quantitative estimate of drug-likeness (QED) is 0.254. The zero-order chi connectivity index (χ0) is 33.1. The predicted octanol–water partition coefficient (Wildman–Crippen LogP) is 2.70. The Bertz CT molecular complexity index is 1240. The summed E-state index contributed by atoms with van der Waals surface area (Å²) in [6.45, 7) is 9.22. The maximum absolute atomic E-state index is 13.6. The maximum Gasteiger partial charge on any atom is 0.405 e. The number of amides is 3. The lowest BCUT2D eigenvalue weighted by molar-refractivity contribution is -0.120. The van der Waals surface area contributed by atoms with Crippen LogP contribution in [0.2, 0.25) is 0 Å². The molecular weight excluding hydrogens is 572 g/mol. The molecule has 0 aromatic heterocycles. The number of nitrogens with two attached hydrogens (primary N) is 2. The summed E-state index contributed by atoms with van der Waals surface area (Å²) in [5, 5.41) is 5.58. The number of carbonyl (C=O) groups is 5. The number of ether oxygens (including phenoxy) is 4. The summed E-state index contributed by atoms with van der Waals surface area (Å²) in [6, 6.07) is 0. The van der Waals surface area contributed by atoms with Crippen molar-refractivity contribution in [3.63, 3.8) is 0 Å². The molecule has 0 saturated heterocycles. The molecule has 13 heteroatoms. The van der Waals surface area contributed by atoms with Gasteiger partial charge in [-0.2, -0.15) is 0 Å². The third-order valence-corrected chi connectivity index (χ3v) is 7.69. The SMILES string of the molecule is CCNC1=C2CC(C)CC(OC)C(OC(N)=O)C(C)/C=C(/C)C(OC(N)=O)C(OC)CC/C=C(/C)C(=O)NC(=CC1=O)C2=O. The predicted molar refractivity (Wildman–Crippen MR) is 162 cm³/mol. The number of primary amides is 2. The van der Waals surface area contributed by atoms with Gasteiger partial charge in [-0.3, -0.25) is 14.4 Å². The molecule has 6 N–H and O–H groups in total. The zero-order valence-electron chi connectivity index (χ0n) is 26.6. The van der Waals surface area contributed by atoms with Crippen molar-refractivity contribution >= 4 is 29.7 Å². The van der Waals surface area contributed by atoms with Crippen LogP contribution in [-0.2, 0) is 33.3 Å². The molecule has 3 amide bonds. The van der Waals surface area contributed by atoms with Gasteiger partial charge in [0.05, 0.1) is 23.6 Å². The molecule has 1 aliphatic heterocycles. The normalized spacial score (nSPS) is 30.2. The molecule has 0 fully saturated rings. The number of ketones is 2. The molecule has 0 saturated carbocycles. The van der Waals surface area contributed by atoms with Gasteiger partial charge in [0, 0.05) is 43.9 Å². The largest absolute Gasteiger partial charge is 0.443 e. The third kappa shape index (κ3) is 9.78. The van der Waals surface area contributed by atoms with Crippen LogP contribution < -0.4 is 22.1 Å². The van der Waals surface area contributed by atoms with Gasteiger partial charge in [-0.1, -0.05) is 26.0 Å². The summed E-state index contributed by atoms with van der Waals surface area (Å²) in [7, 11) is 2.93. The first kappa shape index (κ1) is 36.2. The fourth-order valence-electron chi connectivity index (χ4n) is 5.56. The summed E-state index contributed by atoms with van der Waals surface area (Å²) in [4.78, 5) is 63.5. The Kier molecular flexibility index (Phi) is 13.8. The average Bonchev–Trinajstić information content (AvgIpc) is 2.95. The van der Waals surface area contributed by atoms with Gasteiger partial charge in [-0.05, 0) is 57.9 Å². The Hall–Kier alpha value is -3.97. The van der Waals surface area contributed by atoms with Crippen molar-refractivity contribution in [1.29, 1.82) is 0 Å². The summed E-state index contributed by atoms with van der Waals surface area (Å²) in [6.07, 6.45) is 0.652. The van der Waals surface area contributed by atoms with E-state index in [1.165, 1.54) is 14.2 Å². The Morgan fingerprint density at radius 2 is 1.66 bits per heavy atom. The number of likely N-dealkylation sites (N-methyl/N-ethyl adjacent to an activating group) is 1. The molecule has 13 nitrogen and oxygen atoms in total. The van der Waals surface area contributed by atoms with Crippen molar-refractivity contribution in [2.75, 3.05) is 20.8 Å². The monoisotopic (exact) mass is 618 g/mol. The lowest BCUT2D eigenvalue weighted by atomic mass is 9.85. The molecule has 2 bridgehead atoms. The van der Waals surface area contributed by atoms with Gasteiger partial charge < -0.3 is 41.0 Å². The van der Waals surface area contributed by atoms with Gasteiger partial charge in [-0.25, -0.2) is 9.59 Å². The van der Waals surface area contributed by atoms with Gasteiger partial charge in [0.2, 0.25) is 11.6 Å². The van der Waals surface area contributed by atoms with Crippen molar-refractivity contribution in [1.82, 2.24) is 10.6 Å². The average molecular weight is 619 g/mol. The van der Waals surface area contributed by atoms with Crippen molar-refractivity contribution in [3.05, 3.63) is 46.3 Å². The van der Waals surface area contributed by atoms with E-state index < -0.39 is 60.0 Å². The fraction of sp³-hybridized carbons (Fsp3) is 0.581. The Morgan fingerprint density at radius 3 is 2.23 bits per heavy atom. The van der Waals surface area contributed by atoms with Crippen molar-refractivity contribution in [3.8, 4) is 0 Å². The van der Waals surface area contributed by atoms with Gasteiger partial charge in [-0.15, -0.1) is 0 Å². The van der Waals surface area contributed by atoms with Crippen LogP contribution in [0.1, 0.15) is 60.3 Å². The summed E-state index contributed by atoms with van der Waals surface area (Å²) in [5.41, 5.74) is 12.0. The van der Waals surface area contributed by atoms with Crippen LogP contribution in [0.3, 0.4) is 0 Å². The Balaban J connectivity index is 2.65. The van der Waals surface area contributed by atoms with Gasteiger partial charge in [0.25, 0.3) is 5.91 Å². The van der Waals surface area contributed by atoms with E-state index in [0.29, 0.717) is 37.0 Å². The molecule has 6 unspecified atom stereocenters. The topological polar surface area (TPSA) is 198 Å². The van der Waals surface area contributed by atoms with Crippen molar-refractivity contribution in [2.45, 2.75) is 84.7 Å². The molecule has 2 aliphatic rings. The minimum Gasteiger partial charge on any atom is -0.443 e. The highest BCUT2D eigenvalue weighted by atomic mass is 16.6. The van der Waals surface area contributed by atoms with Crippen LogP contribution in [0.25, 0.3) is 0 Å². The Morgan fingerprint density at radius 1 is 1.02 bits per heavy atom. The molecule has 0 radical (unpaired) electrons. The minimum atomic E-state index is -1.00. The molecule has 244 valence electrons. The van der Waals surface area contributed by atoms with E-state index in [2.05, 4.69) is 10.6 Å². The van der Waals surface area contributed by atoms with Crippen LogP contribution in [0, 0.1) is 11.8 Å². The first-order valence-corrected chi connectivity index (χ1v) is 14.7. The molecule has 0 aromatic carbocycles. The summed E-state index contributed by atoms with van der Waals surface area (Å²) >= 11 is 0. The second kappa shape index (κ2) is 16.8. The van der Waals surface area contributed by atoms with Crippen LogP contribution in [0.15, 0.2) is 46.3 Å². The lowest BCUT2D eigenvalue weighted by Gasteiger charge is -2.32. The van der Waals surface area contributed by atoms with E-state index >= 15 is 0 Å². The van der Waals surface area contributed by atoms with Crippen LogP contribution in [0.5, 0.6) is 0 Å². The molecule has 2 rings (SSSR count). The molecule has 0 spiro atoms. The number of allylic oxidation sites excluding steroid dienone is 3. The zero-order valence-corrected chi connectivity index (χ0v) is 26.6. The third-order valence-electron chi connectivity index (χ3n) is 7.69. The van der Waals surface area contributed by atoms with E-state index in [-0.39, 0.29) is 29.3 Å². The van der Waals surface area contributed by atoms with Crippen molar-refractivity contribution in [2.24, 2.45) is 23.3 Å². The molecule has 0 aromatic rings. The number of hydrogen-bond donors (Lipinski definition) is 4. The molecule has 1 heterocycles. The number of nitrogens with one attached hydrogen (secondary N) is 2. The smallest absolute Gasteiger partial charge is 0.405 e. The molecule has 6 atom stereocenters. The highest BCUT2D eigenvalue weighted by Gasteiger charge is 2.35. The second-order valence-electron chi connectivity index (χ2n) is 11.2. The first-order chi connectivity index (χ1) is 20.7. The summed E-state index contributed by atoms with van der Waals surface area (Å²) < 4.78 is 22.4. The van der Waals surface area contributed by atoms with E-state index in [4.69, 9.17) is 30.4 Å². The Labute approximate surface area is 258 Å². The first-order valence-electron chi connectivity index (χ1n) is 14.7. The number of Topliss-reactive ketones (excluding diaryl/α,β-unsaturated/α-hetero) is 1. The molecular formula is C31H46N4O9. The van der Waals surface area contributed by atoms with Gasteiger partial charge in [0.1, 0.15) is 6.10 Å². The lowest BCUT2D eigenvalue weighted by Crippen LogP contribution is -2.41. The number of hydrogen-bond acceptors (Lipinski definition) is 10. The minimum absolute atomic E-state index is 0.120. The van der Waals surface area contributed by atoms with E-state index in [0.717, 1.165) is 6.08 Å². The summed E-state index contributed by atoms with van der Waals surface area (Å²) in [5.74, 6) is -2.16. The van der Waals surface area contributed by atoms with Crippen molar-refractivity contribution < 1.29 is 42.9 Å². The highest BCUT2D eigenvalue weighted by Crippen LogP contribution is 2.30. The van der Waals surface area contributed by atoms with E-state index in [1.54, 1.807) is 32.9 Å². The second-order valence-corrected chi connectivity index (χ2v) is 11.2. The van der Waals surface area contributed by atoms with E-state index in [9.17, 15) is 24.0 Å².